The third kappa shape index (κ3) is 3.95. The van der Waals surface area contributed by atoms with Gasteiger partial charge >= 0.3 is 0 Å². The van der Waals surface area contributed by atoms with Crippen LogP contribution in [0.15, 0.2) is 18.2 Å². The van der Waals surface area contributed by atoms with Gasteiger partial charge in [0.15, 0.2) is 0 Å². The maximum Gasteiger partial charge on any atom is 0.0389 e. The number of pyridine rings is 1. The van der Waals surface area contributed by atoms with Crippen LogP contribution in [0.3, 0.4) is 0 Å². The average Bonchev–Trinajstić information content (AvgIpc) is 1.88. The third-order valence-corrected chi connectivity index (χ3v) is 1.33. The van der Waals surface area contributed by atoms with Crippen molar-refractivity contribution in [2.75, 3.05) is 6.54 Å². The topological polar surface area (TPSA) is 36.7 Å². The molecular weight excluding hydrogens is 213 g/mol. The van der Waals surface area contributed by atoms with Crippen LogP contribution in [0.4, 0.5) is 0 Å². The summed E-state index contributed by atoms with van der Waals surface area (Å²) in [6.45, 7) is 2.39. The Hall–Kier alpha value is 0.214. The van der Waals surface area contributed by atoms with Crippen LogP contribution in [0.25, 0.3) is 5.73 Å². The molecule has 1 N–H and O–H groups in total. The van der Waals surface area contributed by atoms with Crippen molar-refractivity contribution in [3.63, 3.8) is 0 Å². The van der Waals surface area contributed by atoms with Gasteiger partial charge in [-0.3, -0.25) is 4.98 Å². The molecule has 57 valence electrons. The molecule has 11 heavy (non-hydrogen) atoms. The number of aromatic nitrogens is 1. The summed E-state index contributed by atoms with van der Waals surface area (Å²) in [4.78, 5) is 4.24. The fourth-order valence-electron chi connectivity index (χ4n) is 0.867. The molecule has 0 amide bonds. The largest absolute Gasteiger partial charge is 0.677 e. The molecule has 0 atom stereocenters. The molecular formula is C8H11N2Y-. The van der Waals surface area contributed by atoms with Crippen molar-refractivity contribution in [1.29, 1.82) is 0 Å². The van der Waals surface area contributed by atoms with Crippen molar-refractivity contribution in [2.45, 2.75) is 13.3 Å². The Kier molecular flexibility index (Phi) is 5.93. The Morgan fingerprint density at radius 2 is 2.18 bits per heavy atom. The van der Waals surface area contributed by atoms with Gasteiger partial charge in [-0.05, 0) is 25.5 Å². The normalized spacial score (nSPS) is 8.91. The Morgan fingerprint density at radius 1 is 1.45 bits per heavy atom. The number of hydrogen-bond donors (Lipinski definition) is 0. The van der Waals surface area contributed by atoms with Gasteiger partial charge in [0.1, 0.15) is 0 Å². The number of rotatable bonds is 2. The van der Waals surface area contributed by atoms with Crippen molar-refractivity contribution in [2.24, 2.45) is 0 Å². The Balaban J connectivity index is 0.000001000. The van der Waals surface area contributed by atoms with E-state index in [1.165, 1.54) is 0 Å². The second-order valence-corrected chi connectivity index (χ2v) is 2.27. The van der Waals surface area contributed by atoms with Crippen molar-refractivity contribution in [3.05, 3.63) is 35.3 Å². The minimum absolute atomic E-state index is 0. The van der Waals surface area contributed by atoms with Crippen LogP contribution in [0.5, 0.6) is 0 Å². The second-order valence-electron chi connectivity index (χ2n) is 2.27. The van der Waals surface area contributed by atoms with Crippen molar-refractivity contribution in [1.82, 2.24) is 4.98 Å². The predicted octanol–water partition coefficient (Wildman–Crippen LogP) is 1.98. The predicted molar refractivity (Wildman–Crippen MR) is 41.9 cm³/mol. The van der Waals surface area contributed by atoms with E-state index in [0.29, 0.717) is 6.54 Å². The molecule has 0 unspecified atom stereocenters. The van der Waals surface area contributed by atoms with Gasteiger partial charge in [0, 0.05) is 44.1 Å². The van der Waals surface area contributed by atoms with E-state index >= 15 is 0 Å². The van der Waals surface area contributed by atoms with Crippen molar-refractivity contribution >= 4 is 0 Å². The quantitative estimate of drug-likeness (QED) is 0.756. The summed E-state index contributed by atoms with van der Waals surface area (Å²) < 4.78 is 0. The van der Waals surface area contributed by atoms with E-state index in [1.807, 2.05) is 25.1 Å². The van der Waals surface area contributed by atoms with E-state index in [9.17, 15) is 0 Å². The summed E-state index contributed by atoms with van der Waals surface area (Å²) in [5.41, 5.74) is 9.03. The van der Waals surface area contributed by atoms with Gasteiger partial charge in [0.05, 0.1) is 0 Å². The summed E-state index contributed by atoms with van der Waals surface area (Å²) in [6.07, 6.45) is 0.766. The molecule has 0 saturated carbocycles. The molecule has 2 nitrogen and oxygen atoms in total. The Labute approximate surface area is 92.5 Å². The van der Waals surface area contributed by atoms with Gasteiger partial charge < -0.3 is 5.73 Å². The molecule has 1 heterocycles. The molecule has 1 aromatic heterocycles. The van der Waals surface area contributed by atoms with Crippen LogP contribution >= 0.6 is 0 Å². The first-order valence-electron chi connectivity index (χ1n) is 3.40. The zero-order valence-corrected chi connectivity index (χ0v) is 9.51. The summed E-state index contributed by atoms with van der Waals surface area (Å²) in [6, 6.07) is 5.91. The zero-order chi connectivity index (χ0) is 7.40. The molecule has 0 aliphatic carbocycles. The van der Waals surface area contributed by atoms with Gasteiger partial charge in [-0.1, -0.05) is 6.07 Å². The molecule has 3 heteroatoms. The molecule has 0 aromatic carbocycles. The van der Waals surface area contributed by atoms with Crippen LogP contribution < -0.4 is 0 Å². The molecule has 0 bridgehead atoms. The molecule has 1 radical (unpaired) electrons. The smallest absolute Gasteiger partial charge is 0.0389 e. The number of nitrogens with zero attached hydrogens (tertiary/aromatic N) is 1. The minimum Gasteiger partial charge on any atom is -0.677 e. The van der Waals surface area contributed by atoms with Gasteiger partial charge in [0.25, 0.3) is 0 Å². The molecule has 0 aliphatic rings. The molecule has 1 rings (SSSR count). The van der Waals surface area contributed by atoms with E-state index in [1.54, 1.807) is 0 Å². The molecule has 0 fully saturated rings. The fourth-order valence-corrected chi connectivity index (χ4v) is 0.867. The maximum atomic E-state index is 6.97. The number of hydrogen-bond acceptors (Lipinski definition) is 1. The zero-order valence-electron chi connectivity index (χ0n) is 6.67. The first-order chi connectivity index (χ1) is 4.83. The summed E-state index contributed by atoms with van der Waals surface area (Å²) in [5.74, 6) is 0. The van der Waals surface area contributed by atoms with E-state index in [2.05, 4.69) is 4.98 Å². The van der Waals surface area contributed by atoms with Gasteiger partial charge in [-0.25, -0.2) is 0 Å². The number of aryl methyl sites for hydroxylation is 1. The molecule has 0 aliphatic heterocycles. The Morgan fingerprint density at radius 3 is 2.73 bits per heavy atom. The summed E-state index contributed by atoms with van der Waals surface area (Å²) in [5, 5.41) is 0. The molecule has 0 spiro atoms. The Bertz CT molecular complexity index is 213. The minimum atomic E-state index is 0. The van der Waals surface area contributed by atoms with Gasteiger partial charge in [-0.15, -0.1) is 6.54 Å². The van der Waals surface area contributed by atoms with Crippen LogP contribution in [-0.4, -0.2) is 11.5 Å². The molecule has 1 aromatic rings. The second kappa shape index (κ2) is 5.81. The first-order valence-corrected chi connectivity index (χ1v) is 3.40. The van der Waals surface area contributed by atoms with Crippen LogP contribution in [-0.2, 0) is 39.1 Å². The monoisotopic (exact) mass is 224 g/mol. The standard InChI is InChI=1S/C8H11N2.Y/c1-7-3-2-4-8(10-7)5-6-9;/h2-4,9H,5-6H2,1H3;/q-1;. The summed E-state index contributed by atoms with van der Waals surface area (Å²) in [7, 11) is 0. The van der Waals surface area contributed by atoms with Crippen LogP contribution in [0.1, 0.15) is 11.4 Å². The third-order valence-electron chi connectivity index (χ3n) is 1.33. The first kappa shape index (κ1) is 11.2. The van der Waals surface area contributed by atoms with E-state index < -0.39 is 0 Å². The fraction of sp³-hybridized carbons (Fsp3) is 0.375. The number of nitrogens with one attached hydrogen (secondary N) is 1. The summed E-state index contributed by atoms with van der Waals surface area (Å²) >= 11 is 0. The van der Waals surface area contributed by atoms with Crippen LogP contribution in [0, 0.1) is 6.92 Å². The van der Waals surface area contributed by atoms with Crippen molar-refractivity contribution in [3.8, 4) is 0 Å². The van der Waals surface area contributed by atoms with Gasteiger partial charge in [-0.2, -0.15) is 0 Å². The van der Waals surface area contributed by atoms with E-state index in [4.69, 9.17) is 5.73 Å². The maximum absolute atomic E-state index is 6.97. The van der Waals surface area contributed by atoms with E-state index in [0.717, 1.165) is 17.8 Å². The van der Waals surface area contributed by atoms with E-state index in [-0.39, 0.29) is 32.7 Å². The van der Waals surface area contributed by atoms with Crippen LogP contribution in [0.2, 0.25) is 0 Å². The average molecular weight is 224 g/mol. The molecule has 0 saturated heterocycles. The van der Waals surface area contributed by atoms with Crippen molar-refractivity contribution < 1.29 is 32.7 Å². The SMILES string of the molecule is Cc1cccc(CC[NH-])n1.[Y]. The van der Waals surface area contributed by atoms with Gasteiger partial charge in [0.2, 0.25) is 0 Å².